The van der Waals surface area contributed by atoms with Crippen molar-refractivity contribution in [1.82, 2.24) is 15.3 Å². The van der Waals surface area contributed by atoms with Gasteiger partial charge in [0.15, 0.2) is 0 Å². The third-order valence-electron chi connectivity index (χ3n) is 4.15. The van der Waals surface area contributed by atoms with Crippen LogP contribution in [0.3, 0.4) is 0 Å². The molecule has 25 heavy (non-hydrogen) atoms. The highest BCUT2D eigenvalue weighted by atomic mass is 32.1. The first-order valence-electron chi connectivity index (χ1n) is 8.69. The molecule has 0 unspecified atom stereocenters. The monoisotopic (exact) mass is 360 g/mol. The minimum atomic E-state index is -0.125. The number of ether oxygens (including phenoxy) is 1. The van der Waals surface area contributed by atoms with E-state index in [1.807, 2.05) is 17.5 Å². The van der Waals surface area contributed by atoms with Crippen LogP contribution in [0, 0.1) is 0 Å². The molecule has 1 atom stereocenters. The van der Waals surface area contributed by atoms with Gasteiger partial charge in [0.25, 0.3) is 5.91 Å². The molecule has 3 rings (SSSR count). The van der Waals surface area contributed by atoms with E-state index in [0.29, 0.717) is 12.1 Å². The third kappa shape index (κ3) is 4.76. The van der Waals surface area contributed by atoms with Gasteiger partial charge in [-0.25, -0.2) is 9.97 Å². The lowest BCUT2D eigenvalue weighted by molar-refractivity contribution is 0.0820. The highest BCUT2D eigenvalue weighted by molar-refractivity contribution is 7.09. The number of aromatic nitrogens is 2. The Balaban J connectivity index is 1.58. The largest absolute Gasteiger partial charge is 0.377 e. The van der Waals surface area contributed by atoms with Crippen molar-refractivity contribution in [3.63, 3.8) is 0 Å². The van der Waals surface area contributed by atoms with Crippen LogP contribution in [0.2, 0.25) is 0 Å². The molecule has 1 fully saturated rings. The Kier molecular flexibility index (Phi) is 5.99. The number of hydrogen-bond acceptors (Lipinski definition) is 6. The van der Waals surface area contributed by atoms with Gasteiger partial charge in [-0.05, 0) is 31.9 Å². The first-order valence-corrected chi connectivity index (χ1v) is 9.57. The van der Waals surface area contributed by atoms with E-state index in [0.717, 1.165) is 49.1 Å². The Hall–Kier alpha value is -1.99. The van der Waals surface area contributed by atoms with Crippen LogP contribution < -0.4 is 10.2 Å². The van der Waals surface area contributed by atoms with Crippen molar-refractivity contribution in [3.05, 3.63) is 40.0 Å². The van der Waals surface area contributed by atoms with Gasteiger partial charge >= 0.3 is 0 Å². The van der Waals surface area contributed by atoms with Crippen molar-refractivity contribution >= 4 is 23.1 Å². The highest BCUT2D eigenvalue weighted by Crippen LogP contribution is 2.16. The summed E-state index contributed by atoms with van der Waals surface area (Å²) < 4.78 is 5.66. The Morgan fingerprint density at radius 2 is 2.36 bits per heavy atom. The number of thiazole rings is 1. The lowest BCUT2D eigenvalue weighted by atomic mass is 10.2. The fourth-order valence-corrected chi connectivity index (χ4v) is 3.58. The van der Waals surface area contributed by atoms with E-state index < -0.39 is 0 Å². The number of rotatable bonds is 5. The summed E-state index contributed by atoms with van der Waals surface area (Å²) in [7, 11) is 0. The summed E-state index contributed by atoms with van der Waals surface area (Å²) in [6.45, 7) is 7.13. The van der Waals surface area contributed by atoms with E-state index in [4.69, 9.17) is 4.74 Å². The van der Waals surface area contributed by atoms with Crippen LogP contribution in [0.4, 0.5) is 5.82 Å². The molecule has 1 aliphatic heterocycles. The van der Waals surface area contributed by atoms with Crippen LogP contribution >= 0.6 is 11.3 Å². The molecule has 1 aliphatic rings. The van der Waals surface area contributed by atoms with Crippen molar-refractivity contribution in [2.24, 2.45) is 0 Å². The van der Waals surface area contributed by atoms with Crippen LogP contribution in [0.15, 0.2) is 23.7 Å². The van der Waals surface area contributed by atoms with Crippen LogP contribution in [0.25, 0.3) is 0 Å². The second-order valence-corrected chi connectivity index (χ2v) is 7.10. The standard InChI is InChI=1S/C18H24N4O2S/c1-3-15-12-25-17(21-15)10-20-18(23)14-5-6-16(19-9-14)22-7-4-8-24-13(2)11-22/h5-6,9,12-13H,3-4,7-8,10-11H2,1-2H3,(H,20,23)/t13-/m0/s1. The molecule has 7 heteroatoms. The number of carbonyl (C=O) groups is 1. The van der Waals surface area contributed by atoms with Crippen LogP contribution in [0.1, 0.15) is 41.3 Å². The minimum Gasteiger partial charge on any atom is -0.377 e. The quantitative estimate of drug-likeness (QED) is 0.888. The van der Waals surface area contributed by atoms with Crippen LogP contribution in [-0.2, 0) is 17.7 Å². The van der Waals surface area contributed by atoms with E-state index >= 15 is 0 Å². The Morgan fingerprint density at radius 3 is 3.08 bits per heavy atom. The van der Waals surface area contributed by atoms with E-state index in [2.05, 4.69) is 34.0 Å². The molecule has 0 aromatic carbocycles. The zero-order valence-corrected chi connectivity index (χ0v) is 15.5. The first kappa shape index (κ1) is 17.8. The average Bonchev–Trinajstić information content (AvgIpc) is 2.99. The van der Waals surface area contributed by atoms with E-state index in [9.17, 15) is 4.79 Å². The average molecular weight is 360 g/mol. The fraction of sp³-hybridized carbons (Fsp3) is 0.500. The first-order chi connectivity index (χ1) is 12.2. The molecule has 2 aromatic rings. The Labute approximate surface area is 152 Å². The molecule has 6 nitrogen and oxygen atoms in total. The summed E-state index contributed by atoms with van der Waals surface area (Å²) in [5.74, 6) is 0.765. The van der Waals surface area contributed by atoms with Crippen molar-refractivity contribution in [2.45, 2.75) is 39.3 Å². The van der Waals surface area contributed by atoms with Crippen LogP contribution in [0.5, 0.6) is 0 Å². The zero-order chi connectivity index (χ0) is 17.6. The molecule has 0 bridgehead atoms. The summed E-state index contributed by atoms with van der Waals surface area (Å²) in [4.78, 5) is 23.4. The number of hydrogen-bond donors (Lipinski definition) is 1. The molecule has 1 saturated heterocycles. The van der Waals surface area contributed by atoms with Crippen molar-refractivity contribution in [2.75, 3.05) is 24.6 Å². The molecule has 0 saturated carbocycles. The van der Waals surface area contributed by atoms with Crippen molar-refractivity contribution in [3.8, 4) is 0 Å². The summed E-state index contributed by atoms with van der Waals surface area (Å²) in [6.07, 6.45) is 3.73. The second kappa shape index (κ2) is 8.40. The molecular formula is C18H24N4O2S. The molecule has 0 spiro atoms. The lowest BCUT2D eigenvalue weighted by Crippen LogP contribution is -2.31. The van der Waals surface area contributed by atoms with Gasteiger partial charge in [0.2, 0.25) is 0 Å². The second-order valence-electron chi connectivity index (χ2n) is 6.15. The Morgan fingerprint density at radius 1 is 1.48 bits per heavy atom. The van der Waals surface area contributed by atoms with Gasteiger partial charge < -0.3 is 15.0 Å². The van der Waals surface area contributed by atoms with Gasteiger partial charge in [0.05, 0.1) is 23.9 Å². The molecule has 0 aliphatic carbocycles. The molecule has 1 amide bonds. The summed E-state index contributed by atoms with van der Waals surface area (Å²) in [6, 6.07) is 3.74. The Bertz CT molecular complexity index is 701. The summed E-state index contributed by atoms with van der Waals surface area (Å²) in [5, 5.41) is 5.86. The highest BCUT2D eigenvalue weighted by Gasteiger charge is 2.17. The SMILES string of the molecule is CCc1csc(CNC(=O)c2ccc(N3CCCO[C@@H](C)C3)nc2)n1. The fourth-order valence-electron chi connectivity index (χ4n) is 2.76. The molecule has 0 radical (unpaired) electrons. The van der Waals surface area contributed by atoms with E-state index in [1.165, 1.54) is 0 Å². The molecule has 3 heterocycles. The summed E-state index contributed by atoms with van der Waals surface area (Å²) in [5.41, 5.74) is 1.63. The predicted molar refractivity (Wildman–Crippen MR) is 99.1 cm³/mol. The van der Waals surface area contributed by atoms with Gasteiger partial charge in [0.1, 0.15) is 10.8 Å². The van der Waals surface area contributed by atoms with Gasteiger partial charge in [-0.2, -0.15) is 0 Å². The van der Waals surface area contributed by atoms with Gasteiger partial charge in [-0.3, -0.25) is 4.79 Å². The number of carbonyl (C=O) groups excluding carboxylic acids is 1. The normalized spacial score (nSPS) is 18.0. The minimum absolute atomic E-state index is 0.125. The lowest BCUT2D eigenvalue weighted by Gasteiger charge is -2.23. The number of aryl methyl sites for hydroxylation is 1. The maximum Gasteiger partial charge on any atom is 0.253 e. The number of pyridine rings is 1. The summed E-state index contributed by atoms with van der Waals surface area (Å²) >= 11 is 1.57. The van der Waals surface area contributed by atoms with Gasteiger partial charge in [-0.1, -0.05) is 6.92 Å². The molecule has 1 N–H and O–H groups in total. The molecular weight excluding hydrogens is 336 g/mol. The maximum absolute atomic E-state index is 12.3. The maximum atomic E-state index is 12.3. The van der Waals surface area contributed by atoms with E-state index in [1.54, 1.807) is 17.5 Å². The number of anilines is 1. The van der Waals surface area contributed by atoms with Crippen LogP contribution in [-0.4, -0.2) is 41.7 Å². The zero-order valence-electron chi connectivity index (χ0n) is 14.7. The predicted octanol–water partition coefficient (Wildman–Crippen LogP) is 2.65. The van der Waals surface area contributed by atoms with Crippen molar-refractivity contribution < 1.29 is 9.53 Å². The number of nitrogens with zero attached hydrogens (tertiary/aromatic N) is 3. The number of nitrogens with one attached hydrogen (secondary N) is 1. The topological polar surface area (TPSA) is 67.4 Å². The molecule has 134 valence electrons. The van der Waals surface area contributed by atoms with E-state index in [-0.39, 0.29) is 12.0 Å². The van der Waals surface area contributed by atoms with Crippen molar-refractivity contribution in [1.29, 1.82) is 0 Å². The molecule has 2 aromatic heterocycles. The number of amides is 1. The smallest absolute Gasteiger partial charge is 0.253 e. The van der Waals surface area contributed by atoms with Gasteiger partial charge in [0, 0.05) is 31.3 Å². The van der Waals surface area contributed by atoms with Gasteiger partial charge in [-0.15, -0.1) is 11.3 Å². The third-order valence-corrected chi connectivity index (χ3v) is 5.05.